The van der Waals surface area contributed by atoms with Crippen LogP contribution in [0.5, 0.6) is 17.4 Å². The Morgan fingerprint density at radius 3 is 2.92 bits per heavy atom. The van der Waals surface area contributed by atoms with Gasteiger partial charge in [-0.3, -0.25) is 0 Å². The first-order valence-corrected chi connectivity index (χ1v) is 8.49. The Labute approximate surface area is 153 Å². The van der Waals surface area contributed by atoms with Crippen LogP contribution in [-0.4, -0.2) is 17.1 Å². The van der Waals surface area contributed by atoms with Gasteiger partial charge in [0.1, 0.15) is 23.5 Å². The van der Waals surface area contributed by atoms with E-state index in [9.17, 15) is 0 Å². The number of hydrogen-bond acceptors (Lipinski definition) is 6. The quantitative estimate of drug-likeness (QED) is 0.665. The van der Waals surface area contributed by atoms with Crippen molar-refractivity contribution in [3.63, 3.8) is 0 Å². The number of hydrogen-bond donors (Lipinski definition) is 2. The van der Waals surface area contributed by atoms with Gasteiger partial charge in [-0.1, -0.05) is 28.1 Å². The zero-order valence-corrected chi connectivity index (χ0v) is 15.0. The minimum atomic E-state index is 0.472. The summed E-state index contributed by atoms with van der Waals surface area (Å²) in [5.74, 6) is 2.61. The number of fused-ring (bicyclic) bond motifs is 2. The molecule has 0 saturated carbocycles. The number of aromatic nitrogens is 2. The standard InChI is InChI=1S/C18H15BrN4O2/c1-24-14-6-3-7-15-13(14)9-20-16-17(21-10-22-18(16)25-15)23-12-5-2-4-11(19)8-12/h2-8,10,20H,9H2,1H3,(H,21,22,23). The van der Waals surface area contributed by atoms with Crippen molar-refractivity contribution in [2.75, 3.05) is 17.7 Å². The zero-order valence-electron chi connectivity index (χ0n) is 13.4. The molecule has 0 spiro atoms. The molecule has 6 nitrogen and oxygen atoms in total. The largest absolute Gasteiger partial charge is 0.496 e. The second-order valence-corrected chi connectivity index (χ2v) is 6.35. The molecule has 1 aliphatic heterocycles. The molecule has 0 fully saturated rings. The molecule has 0 radical (unpaired) electrons. The van der Waals surface area contributed by atoms with Crippen molar-refractivity contribution in [1.82, 2.24) is 9.97 Å². The zero-order chi connectivity index (χ0) is 17.2. The Morgan fingerprint density at radius 1 is 1.20 bits per heavy atom. The maximum absolute atomic E-state index is 6.00. The van der Waals surface area contributed by atoms with Crippen LogP contribution in [0.3, 0.4) is 0 Å². The lowest BCUT2D eigenvalue weighted by molar-refractivity contribution is 0.402. The van der Waals surface area contributed by atoms with Crippen molar-refractivity contribution in [2.24, 2.45) is 0 Å². The average molecular weight is 399 g/mol. The van der Waals surface area contributed by atoms with E-state index in [4.69, 9.17) is 9.47 Å². The second kappa shape index (κ2) is 6.60. The van der Waals surface area contributed by atoms with Crippen LogP contribution in [0.1, 0.15) is 5.56 Å². The number of ether oxygens (including phenoxy) is 2. The van der Waals surface area contributed by atoms with Gasteiger partial charge in [-0.05, 0) is 30.3 Å². The maximum Gasteiger partial charge on any atom is 0.248 e. The van der Waals surface area contributed by atoms with Crippen LogP contribution in [0.4, 0.5) is 17.2 Å². The van der Waals surface area contributed by atoms with Crippen molar-refractivity contribution in [2.45, 2.75) is 6.54 Å². The van der Waals surface area contributed by atoms with Crippen LogP contribution < -0.4 is 20.1 Å². The Kier molecular flexibility index (Phi) is 4.15. The SMILES string of the molecule is COc1cccc2c1CNc1c(Nc3cccc(Br)c3)ncnc1O2. The molecule has 2 N–H and O–H groups in total. The fourth-order valence-corrected chi connectivity index (χ4v) is 3.09. The molecule has 0 bridgehead atoms. The summed E-state index contributed by atoms with van der Waals surface area (Å²) in [5.41, 5.74) is 2.56. The number of rotatable bonds is 3. The molecule has 25 heavy (non-hydrogen) atoms. The molecule has 0 saturated heterocycles. The number of anilines is 3. The smallest absolute Gasteiger partial charge is 0.248 e. The van der Waals surface area contributed by atoms with E-state index in [0.29, 0.717) is 23.9 Å². The first-order chi connectivity index (χ1) is 12.2. The Morgan fingerprint density at radius 2 is 2.08 bits per heavy atom. The van der Waals surface area contributed by atoms with E-state index in [2.05, 4.69) is 36.5 Å². The van der Waals surface area contributed by atoms with Gasteiger partial charge in [-0.15, -0.1) is 0 Å². The minimum Gasteiger partial charge on any atom is -0.496 e. The molecular weight excluding hydrogens is 384 g/mol. The molecule has 0 aliphatic carbocycles. The third-order valence-electron chi connectivity index (χ3n) is 3.86. The van der Waals surface area contributed by atoms with E-state index in [0.717, 1.165) is 27.2 Å². The molecule has 1 aromatic heterocycles. The van der Waals surface area contributed by atoms with E-state index in [1.807, 2.05) is 42.5 Å². The van der Waals surface area contributed by atoms with Crippen LogP contribution in [0, 0.1) is 0 Å². The number of benzene rings is 2. The lowest BCUT2D eigenvalue weighted by Gasteiger charge is -2.12. The number of methoxy groups -OCH3 is 1. The molecule has 1 aliphatic rings. The topological polar surface area (TPSA) is 68.3 Å². The van der Waals surface area contributed by atoms with Crippen molar-refractivity contribution >= 4 is 33.1 Å². The monoisotopic (exact) mass is 398 g/mol. The third kappa shape index (κ3) is 3.10. The van der Waals surface area contributed by atoms with Crippen molar-refractivity contribution in [3.8, 4) is 17.4 Å². The summed E-state index contributed by atoms with van der Waals surface area (Å²) in [6.07, 6.45) is 1.48. The summed E-state index contributed by atoms with van der Waals surface area (Å²) in [4.78, 5) is 8.62. The molecule has 0 atom stereocenters. The lowest BCUT2D eigenvalue weighted by atomic mass is 10.2. The van der Waals surface area contributed by atoms with Crippen molar-refractivity contribution in [3.05, 3.63) is 58.8 Å². The van der Waals surface area contributed by atoms with Crippen molar-refractivity contribution < 1.29 is 9.47 Å². The molecule has 0 unspecified atom stereocenters. The minimum absolute atomic E-state index is 0.472. The Hall–Kier alpha value is -2.80. The molecule has 7 heteroatoms. The Bertz CT molecular complexity index is 933. The predicted octanol–water partition coefficient (Wildman–Crippen LogP) is 4.71. The van der Waals surface area contributed by atoms with E-state index in [1.165, 1.54) is 6.33 Å². The van der Waals surface area contributed by atoms with E-state index >= 15 is 0 Å². The van der Waals surface area contributed by atoms with Crippen LogP contribution in [0.2, 0.25) is 0 Å². The third-order valence-corrected chi connectivity index (χ3v) is 4.35. The van der Waals surface area contributed by atoms with Gasteiger partial charge in [-0.25, -0.2) is 4.98 Å². The molecule has 2 heterocycles. The fourth-order valence-electron chi connectivity index (χ4n) is 2.69. The number of nitrogens with zero attached hydrogens (tertiary/aromatic N) is 2. The fraction of sp³-hybridized carbons (Fsp3) is 0.111. The van der Waals surface area contributed by atoms with Gasteiger partial charge in [0.15, 0.2) is 5.82 Å². The molecule has 3 aromatic rings. The van der Waals surface area contributed by atoms with Crippen LogP contribution in [-0.2, 0) is 6.54 Å². The van der Waals surface area contributed by atoms with Gasteiger partial charge in [0.05, 0.1) is 12.7 Å². The summed E-state index contributed by atoms with van der Waals surface area (Å²) < 4.78 is 12.4. The van der Waals surface area contributed by atoms with Gasteiger partial charge in [0.2, 0.25) is 5.88 Å². The van der Waals surface area contributed by atoms with E-state index in [-0.39, 0.29) is 0 Å². The van der Waals surface area contributed by atoms with E-state index < -0.39 is 0 Å². The lowest BCUT2D eigenvalue weighted by Crippen LogP contribution is -2.04. The highest BCUT2D eigenvalue weighted by Gasteiger charge is 2.21. The average Bonchev–Trinajstić information content (AvgIpc) is 2.81. The molecule has 4 rings (SSSR count). The molecule has 0 amide bonds. The summed E-state index contributed by atoms with van der Waals surface area (Å²) in [6, 6.07) is 13.6. The normalized spacial score (nSPS) is 12.1. The summed E-state index contributed by atoms with van der Waals surface area (Å²) in [7, 11) is 1.65. The molecule has 126 valence electrons. The summed E-state index contributed by atoms with van der Waals surface area (Å²) in [5, 5.41) is 6.66. The maximum atomic E-state index is 6.00. The van der Waals surface area contributed by atoms with Gasteiger partial charge < -0.3 is 20.1 Å². The Balaban J connectivity index is 1.71. The number of halogens is 1. The highest BCUT2D eigenvalue weighted by molar-refractivity contribution is 9.10. The first-order valence-electron chi connectivity index (χ1n) is 7.70. The van der Waals surface area contributed by atoms with Gasteiger partial charge >= 0.3 is 0 Å². The van der Waals surface area contributed by atoms with Crippen molar-refractivity contribution in [1.29, 1.82) is 0 Å². The highest BCUT2D eigenvalue weighted by atomic mass is 79.9. The van der Waals surface area contributed by atoms with Crippen LogP contribution >= 0.6 is 15.9 Å². The van der Waals surface area contributed by atoms with Gasteiger partial charge in [-0.2, -0.15) is 4.98 Å². The van der Waals surface area contributed by atoms with Crippen LogP contribution in [0.25, 0.3) is 0 Å². The predicted molar refractivity (Wildman–Crippen MR) is 99.9 cm³/mol. The molecular formula is C18H15BrN4O2. The first kappa shape index (κ1) is 15.7. The van der Waals surface area contributed by atoms with Gasteiger partial charge in [0.25, 0.3) is 0 Å². The molecule has 2 aromatic carbocycles. The second-order valence-electron chi connectivity index (χ2n) is 5.43. The summed E-state index contributed by atoms with van der Waals surface area (Å²) in [6.45, 7) is 0.548. The van der Waals surface area contributed by atoms with Gasteiger partial charge in [0, 0.05) is 16.7 Å². The number of nitrogens with one attached hydrogen (secondary N) is 2. The summed E-state index contributed by atoms with van der Waals surface area (Å²) >= 11 is 3.47. The highest BCUT2D eigenvalue weighted by Crippen LogP contribution is 2.40. The van der Waals surface area contributed by atoms with Crippen LogP contribution in [0.15, 0.2) is 53.3 Å². The van der Waals surface area contributed by atoms with E-state index in [1.54, 1.807) is 7.11 Å².